The van der Waals surface area contributed by atoms with Crippen LogP contribution < -0.4 is 0 Å². The van der Waals surface area contributed by atoms with E-state index in [9.17, 15) is 4.79 Å². The molecule has 1 heterocycles. The van der Waals surface area contributed by atoms with E-state index in [4.69, 9.17) is 16.3 Å². The highest BCUT2D eigenvalue weighted by Crippen LogP contribution is 2.19. The number of hydrogen-bond acceptors (Lipinski definition) is 2. The van der Waals surface area contributed by atoms with E-state index in [1.54, 1.807) is 24.3 Å². The molecule has 1 saturated heterocycles. The number of hydrogen-bond donors (Lipinski definition) is 0. The topological polar surface area (TPSA) is 29.5 Å². The Labute approximate surface area is 155 Å². The molecule has 126 valence electrons. The quantitative estimate of drug-likeness (QED) is 0.718. The van der Waals surface area contributed by atoms with Gasteiger partial charge < -0.3 is 9.64 Å². The SMILES string of the molecule is O=C(c1ccc(Cl)cc1)N1CCC[C@@H](OCc2ccc(Br)cc2)C1. The van der Waals surface area contributed by atoms with E-state index in [2.05, 4.69) is 15.9 Å². The van der Waals surface area contributed by atoms with Crippen LogP contribution in [0.1, 0.15) is 28.8 Å². The molecule has 0 aliphatic carbocycles. The lowest BCUT2D eigenvalue weighted by Crippen LogP contribution is -2.43. The number of carbonyl (C=O) groups is 1. The molecule has 0 aromatic heterocycles. The molecule has 1 aliphatic rings. The van der Waals surface area contributed by atoms with Gasteiger partial charge >= 0.3 is 0 Å². The van der Waals surface area contributed by atoms with Gasteiger partial charge in [0.15, 0.2) is 0 Å². The number of halogens is 2. The predicted octanol–water partition coefficient (Wildman–Crippen LogP) is 4.92. The van der Waals surface area contributed by atoms with Gasteiger partial charge in [0.1, 0.15) is 0 Å². The summed E-state index contributed by atoms with van der Waals surface area (Å²) in [4.78, 5) is 14.5. The summed E-state index contributed by atoms with van der Waals surface area (Å²) < 4.78 is 7.07. The maximum absolute atomic E-state index is 12.6. The van der Waals surface area contributed by atoms with Crippen LogP contribution in [0.4, 0.5) is 0 Å². The van der Waals surface area contributed by atoms with Gasteiger partial charge in [-0.2, -0.15) is 0 Å². The van der Waals surface area contributed by atoms with Gasteiger partial charge in [0, 0.05) is 28.1 Å². The van der Waals surface area contributed by atoms with E-state index >= 15 is 0 Å². The van der Waals surface area contributed by atoms with Gasteiger partial charge in [0.25, 0.3) is 5.91 Å². The van der Waals surface area contributed by atoms with Gasteiger partial charge in [0.05, 0.1) is 12.7 Å². The van der Waals surface area contributed by atoms with Gasteiger partial charge in [-0.1, -0.05) is 39.7 Å². The van der Waals surface area contributed by atoms with Crippen LogP contribution in [0.25, 0.3) is 0 Å². The molecule has 3 nitrogen and oxygen atoms in total. The van der Waals surface area contributed by atoms with Crippen LogP contribution in [0, 0.1) is 0 Å². The highest BCUT2D eigenvalue weighted by atomic mass is 79.9. The van der Waals surface area contributed by atoms with Crippen LogP contribution >= 0.6 is 27.5 Å². The lowest BCUT2D eigenvalue weighted by atomic mass is 10.1. The van der Waals surface area contributed by atoms with Gasteiger partial charge in [-0.25, -0.2) is 0 Å². The van der Waals surface area contributed by atoms with Crippen LogP contribution in [-0.2, 0) is 11.3 Å². The summed E-state index contributed by atoms with van der Waals surface area (Å²) >= 11 is 9.32. The zero-order chi connectivity index (χ0) is 16.9. The molecule has 0 N–H and O–H groups in total. The molecule has 2 aromatic carbocycles. The van der Waals surface area contributed by atoms with Crippen molar-refractivity contribution >= 4 is 33.4 Å². The molecule has 0 unspecified atom stereocenters. The highest BCUT2D eigenvalue weighted by Gasteiger charge is 2.25. The van der Waals surface area contributed by atoms with Gasteiger partial charge in [-0.15, -0.1) is 0 Å². The van der Waals surface area contributed by atoms with Crippen molar-refractivity contribution in [1.82, 2.24) is 4.90 Å². The van der Waals surface area contributed by atoms with Crippen molar-refractivity contribution in [3.63, 3.8) is 0 Å². The Balaban J connectivity index is 1.56. The molecule has 1 fully saturated rings. The fourth-order valence-corrected chi connectivity index (χ4v) is 3.22. The number of rotatable bonds is 4. The molecule has 0 saturated carbocycles. The Bertz CT molecular complexity index is 688. The minimum absolute atomic E-state index is 0.0450. The van der Waals surface area contributed by atoms with E-state index in [-0.39, 0.29) is 12.0 Å². The third-order valence-electron chi connectivity index (χ3n) is 4.16. The molecule has 1 amide bonds. The van der Waals surface area contributed by atoms with Crippen LogP contribution in [0.2, 0.25) is 5.02 Å². The number of likely N-dealkylation sites (tertiary alicyclic amines) is 1. The van der Waals surface area contributed by atoms with E-state index in [0.717, 1.165) is 29.4 Å². The summed E-state index contributed by atoms with van der Waals surface area (Å²) in [5, 5.41) is 0.640. The third-order valence-corrected chi connectivity index (χ3v) is 4.94. The van der Waals surface area contributed by atoms with E-state index in [1.807, 2.05) is 29.2 Å². The molecule has 1 atom stereocenters. The van der Waals surface area contributed by atoms with Crippen LogP contribution in [0.15, 0.2) is 53.0 Å². The number of nitrogens with zero attached hydrogens (tertiary/aromatic N) is 1. The number of piperidine rings is 1. The van der Waals surface area contributed by atoms with Crippen LogP contribution in [-0.4, -0.2) is 30.0 Å². The monoisotopic (exact) mass is 407 g/mol. The van der Waals surface area contributed by atoms with Crippen molar-refractivity contribution in [2.24, 2.45) is 0 Å². The molecule has 1 aliphatic heterocycles. The number of amides is 1. The van der Waals surface area contributed by atoms with Gasteiger partial charge in [-0.3, -0.25) is 4.79 Å². The Hall–Kier alpha value is -1.36. The van der Waals surface area contributed by atoms with Crippen molar-refractivity contribution in [3.8, 4) is 0 Å². The summed E-state index contributed by atoms with van der Waals surface area (Å²) in [6.45, 7) is 1.98. The fourth-order valence-electron chi connectivity index (χ4n) is 2.83. The van der Waals surface area contributed by atoms with Crippen LogP contribution in [0.5, 0.6) is 0 Å². The largest absolute Gasteiger partial charge is 0.372 e. The molecular weight excluding hydrogens is 390 g/mol. The average Bonchev–Trinajstić information content (AvgIpc) is 2.61. The van der Waals surface area contributed by atoms with Crippen molar-refractivity contribution in [2.75, 3.05) is 13.1 Å². The van der Waals surface area contributed by atoms with Crippen molar-refractivity contribution in [2.45, 2.75) is 25.6 Å². The summed E-state index contributed by atoms with van der Waals surface area (Å²) in [6, 6.07) is 15.2. The second-order valence-corrected chi connectivity index (χ2v) is 7.31. The first kappa shape index (κ1) is 17.5. The number of ether oxygens (including phenoxy) is 1. The summed E-state index contributed by atoms with van der Waals surface area (Å²) in [5.41, 5.74) is 1.81. The van der Waals surface area contributed by atoms with Gasteiger partial charge in [0.2, 0.25) is 0 Å². The molecule has 0 spiro atoms. The molecule has 5 heteroatoms. The molecule has 24 heavy (non-hydrogen) atoms. The summed E-state index contributed by atoms with van der Waals surface area (Å²) in [5.74, 6) is 0.0450. The first-order valence-corrected chi connectivity index (χ1v) is 9.20. The van der Waals surface area contributed by atoms with E-state index in [0.29, 0.717) is 23.7 Å². The minimum atomic E-state index is 0.0450. The lowest BCUT2D eigenvalue weighted by molar-refractivity contribution is -0.00673. The van der Waals surface area contributed by atoms with Crippen molar-refractivity contribution < 1.29 is 9.53 Å². The molecule has 0 radical (unpaired) electrons. The summed E-state index contributed by atoms with van der Waals surface area (Å²) in [7, 11) is 0. The minimum Gasteiger partial charge on any atom is -0.372 e. The average molecular weight is 409 g/mol. The van der Waals surface area contributed by atoms with Gasteiger partial charge in [-0.05, 0) is 54.8 Å². The molecule has 3 rings (SSSR count). The normalized spacial score (nSPS) is 17.8. The Morgan fingerprint density at radius 3 is 2.58 bits per heavy atom. The standard InChI is InChI=1S/C19H19BrClNO2/c20-16-7-3-14(4-8-16)13-24-18-2-1-11-22(12-18)19(23)15-5-9-17(21)10-6-15/h3-10,18H,1-2,11-13H2/t18-/m1/s1. The van der Waals surface area contributed by atoms with E-state index in [1.165, 1.54) is 0 Å². The second-order valence-electron chi connectivity index (χ2n) is 5.96. The zero-order valence-corrected chi connectivity index (χ0v) is 15.6. The molecular formula is C19H19BrClNO2. The predicted molar refractivity (Wildman–Crippen MR) is 99.3 cm³/mol. The first-order chi connectivity index (χ1) is 11.6. The Kier molecular flexibility index (Phi) is 5.93. The maximum Gasteiger partial charge on any atom is 0.253 e. The highest BCUT2D eigenvalue weighted by molar-refractivity contribution is 9.10. The first-order valence-electron chi connectivity index (χ1n) is 8.03. The Morgan fingerprint density at radius 2 is 1.88 bits per heavy atom. The molecule has 2 aromatic rings. The van der Waals surface area contributed by atoms with Crippen LogP contribution in [0.3, 0.4) is 0 Å². The molecule has 0 bridgehead atoms. The number of carbonyl (C=O) groups excluding carboxylic acids is 1. The Morgan fingerprint density at radius 1 is 1.17 bits per heavy atom. The maximum atomic E-state index is 12.6. The lowest BCUT2D eigenvalue weighted by Gasteiger charge is -2.32. The summed E-state index contributed by atoms with van der Waals surface area (Å²) in [6.07, 6.45) is 2.03. The second kappa shape index (κ2) is 8.15. The van der Waals surface area contributed by atoms with Crippen molar-refractivity contribution in [3.05, 3.63) is 69.2 Å². The zero-order valence-electron chi connectivity index (χ0n) is 13.3. The fraction of sp³-hybridized carbons (Fsp3) is 0.316. The third kappa shape index (κ3) is 4.59. The number of benzene rings is 2. The van der Waals surface area contributed by atoms with E-state index < -0.39 is 0 Å². The van der Waals surface area contributed by atoms with Crippen molar-refractivity contribution in [1.29, 1.82) is 0 Å². The smallest absolute Gasteiger partial charge is 0.253 e.